The van der Waals surface area contributed by atoms with Crippen LogP contribution < -0.4 is 11.1 Å². The molecule has 45 heavy (non-hydrogen) atoms. The number of hydrogen-bond donors (Lipinski definition) is 0. The molecule has 0 bridgehead atoms. The van der Waals surface area contributed by atoms with E-state index in [0.717, 1.165) is 61.0 Å². The number of aromatic nitrogens is 3. The van der Waals surface area contributed by atoms with Gasteiger partial charge in [-0.25, -0.2) is 0 Å². The molecule has 5 nitrogen and oxygen atoms in total. The van der Waals surface area contributed by atoms with Crippen LogP contribution in [-0.4, -0.2) is 13.5 Å². The van der Waals surface area contributed by atoms with Gasteiger partial charge in [-0.2, -0.15) is 0 Å². The highest BCUT2D eigenvalue weighted by Crippen LogP contribution is 2.34. The molecule has 212 valence electrons. The molecule has 9 aromatic rings. The summed E-state index contributed by atoms with van der Waals surface area (Å²) in [6.07, 6.45) is 0. The van der Waals surface area contributed by atoms with Gasteiger partial charge in [-0.05, 0) is 58.7 Å². The molecular weight excluding hydrogens is 554 g/mol. The third kappa shape index (κ3) is 3.68. The Bertz CT molecular complexity index is 2500. The summed E-state index contributed by atoms with van der Waals surface area (Å²) >= 11 is 0. The molecule has 0 saturated carbocycles. The molecule has 6 aromatic carbocycles. The maximum Gasteiger partial charge on any atom is 0.280 e. The SMILES string of the molecule is O=c1c2c3ccccc3c3c(=O)n(-c4cccc(-c5ccccc5)c4)c4cccc(c4n23)n1-c1cccc(-c2ccccc2)c1. The minimum Gasteiger partial charge on any atom is -0.295 e. The number of nitrogens with zero attached hydrogens (tertiary/aromatic N) is 3. The van der Waals surface area contributed by atoms with Crippen LogP contribution in [0.25, 0.3) is 72.0 Å². The minimum absolute atomic E-state index is 0.167. The van der Waals surface area contributed by atoms with Crippen LogP contribution in [0.15, 0.2) is 161 Å². The summed E-state index contributed by atoms with van der Waals surface area (Å²) in [4.78, 5) is 29.3. The van der Waals surface area contributed by atoms with E-state index in [2.05, 4.69) is 48.5 Å². The third-order valence-electron chi connectivity index (χ3n) is 8.82. The topological polar surface area (TPSA) is 48.4 Å². The Morgan fingerprint density at radius 2 is 0.756 bits per heavy atom. The standard InChI is InChI=1S/C40H25N3O2/c44-39-36-32-20-7-8-21-33(32)37-40(45)42(31-19-10-17-29(25-31)27-14-5-2-6-15-27)35-23-11-22-34(38(35)43(36)37)41(39)30-18-9-16-28(24-30)26-12-3-1-4-13-26/h1-25H. The van der Waals surface area contributed by atoms with Crippen molar-refractivity contribution in [2.45, 2.75) is 0 Å². The molecule has 0 aliphatic carbocycles. The molecule has 0 N–H and O–H groups in total. The Labute approximate surface area is 257 Å². The normalized spacial score (nSPS) is 11.7. The quantitative estimate of drug-likeness (QED) is 0.210. The number of benzene rings is 6. The molecule has 0 aliphatic heterocycles. The van der Waals surface area contributed by atoms with Crippen molar-refractivity contribution in [3.8, 4) is 33.6 Å². The van der Waals surface area contributed by atoms with Crippen LogP contribution in [0, 0.1) is 0 Å². The summed E-state index contributed by atoms with van der Waals surface area (Å²) in [5.41, 5.74) is 8.65. The molecule has 0 aliphatic rings. The van der Waals surface area contributed by atoms with E-state index in [9.17, 15) is 9.59 Å². The Balaban J connectivity index is 1.43. The van der Waals surface area contributed by atoms with Crippen LogP contribution in [0.5, 0.6) is 0 Å². The predicted molar refractivity (Wildman–Crippen MR) is 183 cm³/mol. The van der Waals surface area contributed by atoms with E-state index in [1.54, 1.807) is 9.13 Å². The van der Waals surface area contributed by atoms with Gasteiger partial charge < -0.3 is 0 Å². The monoisotopic (exact) mass is 579 g/mol. The zero-order valence-corrected chi connectivity index (χ0v) is 24.1. The minimum atomic E-state index is -0.167. The van der Waals surface area contributed by atoms with Crippen LogP contribution >= 0.6 is 0 Å². The highest BCUT2D eigenvalue weighted by atomic mass is 16.1. The van der Waals surface area contributed by atoms with E-state index < -0.39 is 0 Å². The molecular formula is C40H25N3O2. The first-order valence-electron chi connectivity index (χ1n) is 15.0. The lowest BCUT2D eigenvalue weighted by molar-refractivity contribution is 0.998. The first-order chi connectivity index (χ1) is 22.2. The van der Waals surface area contributed by atoms with E-state index in [0.29, 0.717) is 11.0 Å². The van der Waals surface area contributed by atoms with Crippen LogP contribution in [0.1, 0.15) is 0 Å². The number of rotatable bonds is 4. The fourth-order valence-corrected chi connectivity index (χ4v) is 6.86. The van der Waals surface area contributed by atoms with Crippen molar-refractivity contribution in [1.82, 2.24) is 13.5 Å². The van der Waals surface area contributed by atoms with Gasteiger partial charge in [0.2, 0.25) is 0 Å². The van der Waals surface area contributed by atoms with Crippen molar-refractivity contribution in [2.75, 3.05) is 0 Å². The van der Waals surface area contributed by atoms with Crippen molar-refractivity contribution >= 4 is 38.4 Å². The fraction of sp³-hybridized carbons (Fsp3) is 0. The molecule has 0 radical (unpaired) electrons. The molecule has 3 aromatic heterocycles. The molecule has 0 amide bonds. The maximum atomic E-state index is 14.6. The van der Waals surface area contributed by atoms with Gasteiger partial charge in [-0.15, -0.1) is 0 Å². The van der Waals surface area contributed by atoms with Gasteiger partial charge in [0.1, 0.15) is 11.0 Å². The van der Waals surface area contributed by atoms with E-state index in [1.807, 2.05) is 108 Å². The molecule has 0 fully saturated rings. The average molecular weight is 580 g/mol. The van der Waals surface area contributed by atoms with Crippen LogP contribution in [0.4, 0.5) is 0 Å². The Kier molecular flexibility index (Phi) is 5.43. The predicted octanol–water partition coefficient (Wildman–Crippen LogP) is 8.47. The zero-order chi connectivity index (χ0) is 30.1. The average Bonchev–Trinajstić information content (AvgIpc) is 3.46. The Morgan fingerprint density at radius 1 is 0.356 bits per heavy atom. The summed E-state index contributed by atoms with van der Waals surface area (Å²) in [6.45, 7) is 0. The van der Waals surface area contributed by atoms with E-state index in [4.69, 9.17) is 0 Å². The van der Waals surface area contributed by atoms with Crippen molar-refractivity contribution < 1.29 is 0 Å². The first kappa shape index (κ1) is 25.3. The van der Waals surface area contributed by atoms with Gasteiger partial charge in [0.15, 0.2) is 0 Å². The molecule has 5 heteroatoms. The van der Waals surface area contributed by atoms with E-state index in [-0.39, 0.29) is 11.1 Å². The third-order valence-corrected chi connectivity index (χ3v) is 8.82. The second-order valence-electron chi connectivity index (χ2n) is 11.3. The zero-order valence-electron chi connectivity index (χ0n) is 24.1. The summed E-state index contributed by atoms with van der Waals surface area (Å²) in [5.74, 6) is 0. The summed E-state index contributed by atoms with van der Waals surface area (Å²) < 4.78 is 5.49. The van der Waals surface area contributed by atoms with Gasteiger partial charge in [-0.1, -0.05) is 115 Å². The fourth-order valence-electron chi connectivity index (χ4n) is 6.86. The number of para-hydroxylation sites is 1. The van der Waals surface area contributed by atoms with Crippen LogP contribution in [-0.2, 0) is 0 Å². The lowest BCUT2D eigenvalue weighted by Gasteiger charge is -2.19. The van der Waals surface area contributed by atoms with E-state index >= 15 is 0 Å². The van der Waals surface area contributed by atoms with Crippen molar-refractivity contribution in [2.24, 2.45) is 0 Å². The highest BCUT2D eigenvalue weighted by Gasteiger charge is 2.25. The van der Waals surface area contributed by atoms with Crippen molar-refractivity contribution in [3.63, 3.8) is 0 Å². The number of hydrogen-bond acceptors (Lipinski definition) is 2. The Hall–Kier alpha value is -6.20. The lowest BCUT2D eigenvalue weighted by Crippen LogP contribution is -2.26. The molecule has 0 atom stereocenters. The van der Waals surface area contributed by atoms with Gasteiger partial charge >= 0.3 is 0 Å². The Morgan fingerprint density at radius 3 is 1.22 bits per heavy atom. The number of fused-ring (bicyclic) bond motifs is 3. The molecule has 0 saturated heterocycles. The first-order valence-corrected chi connectivity index (χ1v) is 15.0. The second kappa shape index (κ2) is 9.66. The van der Waals surface area contributed by atoms with Crippen molar-refractivity contribution in [3.05, 3.63) is 172 Å². The maximum absolute atomic E-state index is 14.6. The summed E-state index contributed by atoms with van der Waals surface area (Å²) in [5, 5.41) is 1.52. The van der Waals surface area contributed by atoms with Crippen LogP contribution in [0.3, 0.4) is 0 Å². The summed E-state index contributed by atoms with van der Waals surface area (Å²) in [6, 6.07) is 50.1. The summed E-state index contributed by atoms with van der Waals surface area (Å²) in [7, 11) is 0. The molecule has 9 rings (SSSR count). The smallest absolute Gasteiger partial charge is 0.280 e. The second-order valence-corrected chi connectivity index (χ2v) is 11.3. The largest absolute Gasteiger partial charge is 0.295 e. The van der Waals surface area contributed by atoms with Gasteiger partial charge in [0.25, 0.3) is 11.1 Å². The van der Waals surface area contributed by atoms with Crippen molar-refractivity contribution in [1.29, 1.82) is 0 Å². The molecule has 3 heterocycles. The van der Waals surface area contributed by atoms with Gasteiger partial charge in [0, 0.05) is 22.1 Å². The molecule has 0 unspecified atom stereocenters. The van der Waals surface area contributed by atoms with Gasteiger partial charge in [0.05, 0.1) is 16.6 Å². The lowest BCUT2D eigenvalue weighted by atomic mass is 10.0. The molecule has 0 spiro atoms. The van der Waals surface area contributed by atoms with Crippen LogP contribution in [0.2, 0.25) is 0 Å². The van der Waals surface area contributed by atoms with E-state index in [1.165, 1.54) is 0 Å². The highest BCUT2D eigenvalue weighted by molar-refractivity contribution is 6.12. The van der Waals surface area contributed by atoms with Gasteiger partial charge in [-0.3, -0.25) is 23.1 Å².